The third kappa shape index (κ3) is 2.38. The second-order valence-corrected chi connectivity index (χ2v) is 6.09. The van der Waals surface area contributed by atoms with E-state index in [2.05, 4.69) is 35.6 Å². The summed E-state index contributed by atoms with van der Waals surface area (Å²) in [4.78, 5) is 0.869. The molecule has 0 saturated heterocycles. The number of nitrogens with one attached hydrogen (secondary N) is 1. The molecule has 0 heterocycles. The van der Waals surface area contributed by atoms with Crippen molar-refractivity contribution in [1.82, 2.24) is 5.32 Å². The van der Waals surface area contributed by atoms with Gasteiger partial charge < -0.3 is 10.1 Å². The van der Waals surface area contributed by atoms with Crippen molar-refractivity contribution >= 4 is 28.0 Å². The summed E-state index contributed by atoms with van der Waals surface area (Å²) in [5, 5.41) is 6.01. The van der Waals surface area contributed by atoms with E-state index in [0.717, 1.165) is 30.1 Å². The lowest BCUT2D eigenvalue weighted by atomic mass is 9.81. The molecule has 1 aliphatic rings. The zero-order chi connectivity index (χ0) is 14.1. The molecule has 0 spiro atoms. The van der Waals surface area contributed by atoms with Gasteiger partial charge in [0.25, 0.3) is 0 Å². The molecule has 1 unspecified atom stereocenters. The number of hydrogen-bond donors (Lipinski definition) is 1. The lowest BCUT2D eigenvalue weighted by Gasteiger charge is -2.27. The molecule has 0 aliphatic heterocycles. The maximum atomic E-state index is 5.56. The van der Waals surface area contributed by atoms with Crippen molar-refractivity contribution in [2.45, 2.75) is 19.8 Å². The maximum absolute atomic E-state index is 5.56. The Morgan fingerprint density at radius 1 is 1.30 bits per heavy atom. The van der Waals surface area contributed by atoms with Crippen molar-refractivity contribution in [1.29, 1.82) is 0 Å². The summed E-state index contributed by atoms with van der Waals surface area (Å²) in [6, 6.07) is 10.8. The first-order chi connectivity index (χ1) is 9.69. The highest BCUT2D eigenvalue weighted by molar-refractivity contribution is 7.80. The Hall–Kier alpha value is -1.61. The van der Waals surface area contributed by atoms with Crippen LogP contribution in [0.4, 0.5) is 0 Å². The summed E-state index contributed by atoms with van der Waals surface area (Å²) in [6.07, 6.45) is 2.15. The Kier molecular flexibility index (Phi) is 3.62. The van der Waals surface area contributed by atoms with E-state index in [0.29, 0.717) is 5.92 Å². The van der Waals surface area contributed by atoms with Crippen molar-refractivity contribution in [3.05, 3.63) is 41.5 Å². The standard InChI is InChI=1S/C17H19NOS/c1-11(20)18-10-12-8-14-5-3-4-13-6-7-16(19-2)15(9-12)17(13)14/h3-7,12H,8-10H2,1-2H3,(H,18,20). The Labute approximate surface area is 125 Å². The fourth-order valence-electron chi connectivity index (χ4n) is 3.18. The molecule has 104 valence electrons. The van der Waals surface area contributed by atoms with Crippen molar-refractivity contribution in [3.63, 3.8) is 0 Å². The van der Waals surface area contributed by atoms with Crippen LogP contribution in [0.3, 0.4) is 0 Å². The van der Waals surface area contributed by atoms with Gasteiger partial charge in [-0.1, -0.05) is 36.5 Å². The predicted octanol–water partition coefficient (Wildman–Crippen LogP) is 3.50. The molecule has 0 bridgehead atoms. The summed E-state index contributed by atoms with van der Waals surface area (Å²) >= 11 is 5.12. The Morgan fingerprint density at radius 2 is 2.15 bits per heavy atom. The number of rotatable bonds is 3. The molecule has 2 aromatic carbocycles. The van der Waals surface area contributed by atoms with Crippen LogP contribution in [0.25, 0.3) is 10.8 Å². The van der Waals surface area contributed by atoms with Crippen LogP contribution in [0, 0.1) is 5.92 Å². The Morgan fingerprint density at radius 3 is 2.90 bits per heavy atom. The highest BCUT2D eigenvalue weighted by atomic mass is 32.1. The smallest absolute Gasteiger partial charge is 0.122 e. The monoisotopic (exact) mass is 285 g/mol. The van der Waals surface area contributed by atoms with E-state index in [1.165, 1.54) is 21.9 Å². The largest absolute Gasteiger partial charge is 0.496 e. The number of benzene rings is 2. The van der Waals surface area contributed by atoms with Crippen molar-refractivity contribution < 1.29 is 4.74 Å². The van der Waals surface area contributed by atoms with Gasteiger partial charge in [-0.3, -0.25) is 0 Å². The van der Waals surface area contributed by atoms with Gasteiger partial charge in [0, 0.05) is 12.1 Å². The summed E-state index contributed by atoms with van der Waals surface area (Å²) < 4.78 is 5.56. The fourth-order valence-corrected chi connectivity index (χ4v) is 3.27. The van der Waals surface area contributed by atoms with E-state index in [-0.39, 0.29) is 0 Å². The van der Waals surface area contributed by atoms with E-state index in [1.807, 2.05) is 6.92 Å². The molecule has 0 saturated carbocycles. The second kappa shape index (κ2) is 5.41. The summed E-state index contributed by atoms with van der Waals surface area (Å²) in [5.74, 6) is 1.58. The Bertz CT molecular complexity index is 665. The van der Waals surface area contributed by atoms with Crippen LogP contribution >= 0.6 is 12.2 Å². The molecule has 2 nitrogen and oxygen atoms in total. The number of hydrogen-bond acceptors (Lipinski definition) is 2. The number of ether oxygens (including phenoxy) is 1. The molecule has 1 aliphatic carbocycles. The molecule has 3 rings (SSSR count). The van der Waals surface area contributed by atoms with E-state index in [1.54, 1.807) is 7.11 Å². The normalized spacial score (nSPS) is 17.0. The lowest BCUT2D eigenvalue weighted by Crippen LogP contribution is -2.30. The molecule has 0 radical (unpaired) electrons. The molecule has 20 heavy (non-hydrogen) atoms. The lowest BCUT2D eigenvalue weighted by molar-refractivity contribution is 0.402. The van der Waals surface area contributed by atoms with E-state index < -0.39 is 0 Å². The molecule has 0 aromatic heterocycles. The van der Waals surface area contributed by atoms with Crippen LogP contribution in [-0.2, 0) is 12.8 Å². The summed E-state index contributed by atoms with van der Waals surface area (Å²) in [6.45, 7) is 2.87. The van der Waals surface area contributed by atoms with E-state index in [9.17, 15) is 0 Å². The van der Waals surface area contributed by atoms with Gasteiger partial charge in [-0.15, -0.1) is 0 Å². The van der Waals surface area contributed by atoms with Crippen LogP contribution < -0.4 is 10.1 Å². The third-order valence-electron chi connectivity index (χ3n) is 4.06. The van der Waals surface area contributed by atoms with Gasteiger partial charge in [0.1, 0.15) is 5.75 Å². The molecular formula is C17H19NOS. The zero-order valence-corrected chi connectivity index (χ0v) is 12.7. The SMILES string of the molecule is COc1ccc2cccc3c2c1CC(CNC(C)=S)C3. The van der Waals surface area contributed by atoms with Gasteiger partial charge >= 0.3 is 0 Å². The maximum Gasteiger partial charge on any atom is 0.122 e. The van der Waals surface area contributed by atoms with Crippen molar-refractivity contribution in [2.24, 2.45) is 5.92 Å². The fraction of sp³-hybridized carbons (Fsp3) is 0.353. The molecular weight excluding hydrogens is 266 g/mol. The first-order valence-electron chi connectivity index (χ1n) is 7.01. The first kappa shape index (κ1) is 13.4. The highest BCUT2D eigenvalue weighted by Gasteiger charge is 2.23. The molecule has 2 aromatic rings. The molecule has 1 atom stereocenters. The quantitative estimate of drug-likeness (QED) is 0.872. The molecule has 3 heteroatoms. The Balaban J connectivity index is 2.01. The molecule has 0 amide bonds. The van der Waals surface area contributed by atoms with Crippen LogP contribution in [-0.4, -0.2) is 18.6 Å². The summed E-state index contributed by atoms with van der Waals surface area (Å²) in [7, 11) is 1.75. The van der Waals surface area contributed by atoms with Gasteiger partial charge in [0.05, 0.1) is 12.1 Å². The van der Waals surface area contributed by atoms with Crippen LogP contribution in [0.2, 0.25) is 0 Å². The van der Waals surface area contributed by atoms with Crippen molar-refractivity contribution in [3.8, 4) is 5.75 Å². The van der Waals surface area contributed by atoms with Gasteiger partial charge in [0.15, 0.2) is 0 Å². The van der Waals surface area contributed by atoms with Gasteiger partial charge in [-0.2, -0.15) is 0 Å². The van der Waals surface area contributed by atoms with E-state index in [4.69, 9.17) is 17.0 Å². The zero-order valence-electron chi connectivity index (χ0n) is 11.9. The van der Waals surface area contributed by atoms with Crippen LogP contribution in [0.1, 0.15) is 18.1 Å². The minimum absolute atomic E-state index is 0.572. The van der Waals surface area contributed by atoms with Gasteiger partial charge in [0.2, 0.25) is 0 Å². The topological polar surface area (TPSA) is 21.3 Å². The molecule has 1 N–H and O–H groups in total. The molecule has 0 fully saturated rings. The predicted molar refractivity (Wildman–Crippen MR) is 87.7 cm³/mol. The van der Waals surface area contributed by atoms with Crippen molar-refractivity contribution in [2.75, 3.05) is 13.7 Å². The highest BCUT2D eigenvalue weighted by Crippen LogP contribution is 2.37. The number of methoxy groups -OCH3 is 1. The minimum Gasteiger partial charge on any atom is -0.496 e. The number of thiocarbonyl (C=S) groups is 1. The van der Waals surface area contributed by atoms with Gasteiger partial charge in [-0.05, 0) is 48.1 Å². The average Bonchev–Trinajstić information content (AvgIpc) is 2.46. The third-order valence-corrected chi connectivity index (χ3v) is 4.20. The van der Waals surface area contributed by atoms with Crippen LogP contribution in [0.15, 0.2) is 30.3 Å². The first-order valence-corrected chi connectivity index (χ1v) is 7.41. The van der Waals surface area contributed by atoms with E-state index >= 15 is 0 Å². The van der Waals surface area contributed by atoms with Gasteiger partial charge in [-0.25, -0.2) is 0 Å². The second-order valence-electron chi connectivity index (χ2n) is 5.47. The summed E-state index contributed by atoms with van der Waals surface area (Å²) in [5.41, 5.74) is 2.78. The van der Waals surface area contributed by atoms with Crippen LogP contribution in [0.5, 0.6) is 5.75 Å². The minimum atomic E-state index is 0.572. The average molecular weight is 285 g/mol.